The topological polar surface area (TPSA) is 37.8 Å². The summed E-state index contributed by atoms with van der Waals surface area (Å²) >= 11 is 1.69. The van der Waals surface area contributed by atoms with Crippen LogP contribution in [0.3, 0.4) is 0 Å². The summed E-state index contributed by atoms with van der Waals surface area (Å²) in [6, 6.07) is 15.7. The van der Waals surface area contributed by atoms with Gasteiger partial charge in [-0.1, -0.05) is 43.7 Å². The van der Waals surface area contributed by atoms with Crippen molar-refractivity contribution in [3.8, 4) is 11.1 Å². The molecule has 4 aromatic rings. The van der Waals surface area contributed by atoms with Crippen molar-refractivity contribution in [2.45, 2.75) is 51.9 Å². The fourth-order valence-electron chi connectivity index (χ4n) is 4.36. The van der Waals surface area contributed by atoms with Crippen molar-refractivity contribution in [3.05, 3.63) is 70.9 Å². The van der Waals surface area contributed by atoms with E-state index in [-0.39, 0.29) is 0 Å². The Morgan fingerprint density at radius 3 is 2.63 bits per heavy atom. The van der Waals surface area contributed by atoms with Gasteiger partial charge in [0.25, 0.3) is 0 Å². The Morgan fingerprint density at radius 1 is 0.967 bits per heavy atom. The van der Waals surface area contributed by atoms with E-state index in [0.717, 1.165) is 28.1 Å². The first-order valence-electron chi connectivity index (χ1n) is 11.0. The highest BCUT2D eigenvalue weighted by Crippen LogP contribution is 2.38. The molecule has 0 saturated carbocycles. The largest absolute Gasteiger partial charge is 0.340 e. The normalized spacial score (nSPS) is 13.4. The summed E-state index contributed by atoms with van der Waals surface area (Å²) in [5, 5.41) is 6.89. The first kappa shape index (κ1) is 19.3. The van der Waals surface area contributed by atoms with Gasteiger partial charge in [0.05, 0.1) is 5.39 Å². The zero-order chi connectivity index (χ0) is 20.3. The third-order valence-corrected chi connectivity index (χ3v) is 6.95. The highest BCUT2D eigenvalue weighted by Gasteiger charge is 2.16. The molecule has 4 heteroatoms. The number of hydrogen-bond donors (Lipinski definition) is 1. The monoisotopic (exact) mass is 413 g/mol. The minimum Gasteiger partial charge on any atom is -0.340 e. The van der Waals surface area contributed by atoms with Crippen molar-refractivity contribution in [2.75, 3.05) is 5.32 Å². The molecular formula is C26H27N3S. The lowest BCUT2D eigenvalue weighted by molar-refractivity contribution is 0.686. The third-order valence-electron chi connectivity index (χ3n) is 6.07. The highest BCUT2D eigenvalue weighted by molar-refractivity contribution is 7.17. The second kappa shape index (κ2) is 8.57. The predicted octanol–water partition coefficient (Wildman–Crippen LogP) is 7.32. The summed E-state index contributed by atoms with van der Waals surface area (Å²) in [7, 11) is 0. The van der Waals surface area contributed by atoms with Crippen LogP contribution in [0.25, 0.3) is 21.3 Å². The molecule has 2 aromatic carbocycles. The molecule has 2 heterocycles. The second-order valence-electron chi connectivity index (χ2n) is 8.17. The van der Waals surface area contributed by atoms with Crippen molar-refractivity contribution in [1.82, 2.24) is 9.97 Å². The van der Waals surface area contributed by atoms with Crippen LogP contribution in [-0.2, 0) is 19.3 Å². The van der Waals surface area contributed by atoms with E-state index in [1.165, 1.54) is 66.3 Å². The van der Waals surface area contributed by atoms with E-state index >= 15 is 0 Å². The second-order valence-corrected chi connectivity index (χ2v) is 9.03. The van der Waals surface area contributed by atoms with Crippen molar-refractivity contribution in [1.29, 1.82) is 0 Å². The van der Waals surface area contributed by atoms with Crippen LogP contribution in [0.5, 0.6) is 0 Å². The van der Waals surface area contributed by atoms with E-state index in [0.29, 0.717) is 0 Å². The van der Waals surface area contributed by atoms with Gasteiger partial charge in [0.15, 0.2) is 0 Å². The number of unbranched alkanes of at least 4 members (excludes halogenated alkanes) is 1. The number of rotatable bonds is 6. The lowest BCUT2D eigenvalue weighted by Crippen LogP contribution is -2.02. The fraction of sp³-hybridized carbons (Fsp3) is 0.308. The standard InChI is InChI=1S/C26H27N3S/c1-2-3-6-18-9-13-22(14-10-18)29-25-24-23(16-30-26(24)28-17-27-25)21-12-11-19-7-4-5-8-20(19)15-21/h9-17H,2-8H2,1H3,(H,27,28,29). The number of nitrogens with zero attached hydrogens (tertiary/aromatic N) is 2. The maximum absolute atomic E-state index is 4.60. The quantitative estimate of drug-likeness (QED) is 0.360. The summed E-state index contributed by atoms with van der Waals surface area (Å²) in [6.45, 7) is 2.23. The highest BCUT2D eigenvalue weighted by atomic mass is 32.1. The van der Waals surface area contributed by atoms with E-state index < -0.39 is 0 Å². The fourth-order valence-corrected chi connectivity index (χ4v) is 5.27. The Hall–Kier alpha value is -2.72. The van der Waals surface area contributed by atoms with Crippen LogP contribution in [0.15, 0.2) is 54.2 Å². The third kappa shape index (κ3) is 3.84. The molecule has 152 valence electrons. The molecule has 2 aromatic heterocycles. The molecule has 0 fully saturated rings. The molecule has 0 amide bonds. The van der Waals surface area contributed by atoms with Crippen LogP contribution in [0.1, 0.15) is 49.3 Å². The molecule has 30 heavy (non-hydrogen) atoms. The Labute approximate surface area is 182 Å². The van der Waals surface area contributed by atoms with Gasteiger partial charge in [-0.25, -0.2) is 9.97 Å². The first-order chi connectivity index (χ1) is 14.8. The van der Waals surface area contributed by atoms with Crippen molar-refractivity contribution in [2.24, 2.45) is 0 Å². The molecule has 1 N–H and O–H groups in total. The minimum absolute atomic E-state index is 0.885. The smallest absolute Gasteiger partial charge is 0.143 e. The average Bonchev–Trinajstić information content (AvgIpc) is 3.23. The molecule has 0 unspecified atom stereocenters. The SMILES string of the molecule is CCCCc1ccc(Nc2ncnc3scc(-c4ccc5c(c4)CCCC5)c23)cc1. The molecule has 0 atom stereocenters. The molecule has 5 rings (SSSR count). The minimum atomic E-state index is 0.885. The van der Waals surface area contributed by atoms with Gasteiger partial charge in [-0.15, -0.1) is 11.3 Å². The molecule has 0 spiro atoms. The summed E-state index contributed by atoms with van der Waals surface area (Å²) in [6.07, 6.45) is 10.3. The van der Waals surface area contributed by atoms with Crippen LogP contribution in [0.2, 0.25) is 0 Å². The maximum atomic E-state index is 4.60. The van der Waals surface area contributed by atoms with Crippen LogP contribution in [0, 0.1) is 0 Å². The summed E-state index contributed by atoms with van der Waals surface area (Å²) < 4.78 is 0. The summed E-state index contributed by atoms with van der Waals surface area (Å²) in [5.41, 5.74) is 7.98. The van der Waals surface area contributed by atoms with E-state index in [1.807, 2.05) is 0 Å². The zero-order valence-electron chi connectivity index (χ0n) is 17.4. The molecule has 0 radical (unpaired) electrons. The number of aromatic nitrogens is 2. The van der Waals surface area contributed by atoms with Gasteiger partial charge < -0.3 is 5.32 Å². The van der Waals surface area contributed by atoms with Gasteiger partial charge in [-0.05, 0) is 72.9 Å². The Bertz CT molecular complexity index is 1160. The van der Waals surface area contributed by atoms with Crippen LogP contribution < -0.4 is 5.32 Å². The van der Waals surface area contributed by atoms with E-state index in [4.69, 9.17) is 0 Å². The van der Waals surface area contributed by atoms with Crippen molar-refractivity contribution < 1.29 is 0 Å². The lowest BCUT2D eigenvalue weighted by atomic mass is 9.89. The average molecular weight is 414 g/mol. The first-order valence-corrected chi connectivity index (χ1v) is 11.9. The number of hydrogen-bond acceptors (Lipinski definition) is 4. The predicted molar refractivity (Wildman–Crippen MR) is 128 cm³/mol. The van der Waals surface area contributed by atoms with E-state index in [1.54, 1.807) is 17.7 Å². The van der Waals surface area contributed by atoms with Gasteiger partial charge in [0.1, 0.15) is 17.0 Å². The molecule has 0 aliphatic heterocycles. The molecule has 0 saturated heterocycles. The van der Waals surface area contributed by atoms with Gasteiger partial charge >= 0.3 is 0 Å². The van der Waals surface area contributed by atoms with Crippen LogP contribution >= 0.6 is 11.3 Å². The number of fused-ring (bicyclic) bond motifs is 2. The molecule has 0 bridgehead atoms. The van der Waals surface area contributed by atoms with Gasteiger partial charge in [-0.2, -0.15) is 0 Å². The Morgan fingerprint density at radius 2 is 1.80 bits per heavy atom. The van der Waals surface area contributed by atoms with E-state index in [2.05, 4.69) is 70.1 Å². The summed E-state index contributed by atoms with van der Waals surface area (Å²) in [5.74, 6) is 0.885. The van der Waals surface area contributed by atoms with Gasteiger partial charge in [0, 0.05) is 16.6 Å². The van der Waals surface area contributed by atoms with E-state index in [9.17, 15) is 0 Å². The zero-order valence-corrected chi connectivity index (χ0v) is 18.3. The number of thiophene rings is 1. The maximum Gasteiger partial charge on any atom is 0.143 e. The molecule has 1 aliphatic carbocycles. The number of anilines is 2. The van der Waals surface area contributed by atoms with Gasteiger partial charge in [0.2, 0.25) is 0 Å². The van der Waals surface area contributed by atoms with Gasteiger partial charge in [-0.3, -0.25) is 0 Å². The Kier molecular flexibility index (Phi) is 5.50. The lowest BCUT2D eigenvalue weighted by Gasteiger charge is -2.16. The van der Waals surface area contributed by atoms with Crippen molar-refractivity contribution >= 4 is 33.1 Å². The Balaban J connectivity index is 1.49. The van der Waals surface area contributed by atoms with Crippen LogP contribution in [0.4, 0.5) is 11.5 Å². The number of benzene rings is 2. The number of aryl methyl sites for hydroxylation is 3. The van der Waals surface area contributed by atoms with Crippen molar-refractivity contribution in [3.63, 3.8) is 0 Å². The summed E-state index contributed by atoms with van der Waals surface area (Å²) in [4.78, 5) is 10.2. The molecule has 1 aliphatic rings. The molecule has 3 nitrogen and oxygen atoms in total. The number of nitrogens with one attached hydrogen (secondary N) is 1. The molecular weight excluding hydrogens is 386 g/mol. The van der Waals surface area contributed by atoms with Crippen LogP contribution in [-0.4, -0.2) is 9.97 Å².